The van der Waals surface area contributed by atoms with Crippen LogP contribution in [-0.4, -0.2) is 12.6 Å². The van der Waals surface area contributed by atoms with Crippen molar-refractivity contribution in [2.24, 2.45) is 0 Å². The first kappa shape index (κ1) is 16.3. The Morgan fingerprint density at radius 3 is 1.76 bits per heavy atom. The van der Waals surface area contributed by atoms with E-state index >= 15 is 0 Å². The molecule has 0 amide bonds. The van der Waals surface area contributed by atoms with E-state index in [1.807, 2.05) is 0 Å². The molecule has 0 heterocycles. The van der Waals surface area contributed by atoms with Crippen molar-refractivity contribution in [3.63, 3.8) is 0 Å². The third kappa shape index (κ3) is 5.29. The molecular weight excluding hydrogens is 322 g/mol. The van der Waals surface area contributed by atoms with Gasteiger partial charge < -0.3 is 5.32 Å². The summed E-state index contributed by atoms with van der Waals surface area (Å²) in [7, 11) is 0. The van der Waals surface area contributed by atoms with Gasteiger partial charge in [0.15, 0.2) is 0 Å². The van der Waals surface area contributed by atoms with Gasteiger partial charge in [0.05, 0.1) is 0 Å². The molecule has 0 fully saturated rings. The maximum Gasteiger partial charge on any atom is 0.0175 e. The summed E-state index contributed by atoms with van der Waals surface area (Å²) in [6, 6.07) is 18.2. The van der Waals surface area contributed by atoms with Gasteiger partial charge in [-0.05, 0) is 54.6 Å². The molecule has 0 saturated carbocycles. The summed E-state index contributed by atoms with van der Waals surface area (Å²) in [5.74, 6) is 0. The van der Waals surface area contributed by atoms with Crippen molar-refractivity contribution < 1.29 is 0 Å². The lowest BCUT2D eigenvalue weighted by molar-refractivity contribution is 0.521. The number of benzene rings is 2. The second-order valence-electron chi connectivity index (χ2n) is 5.46. The minimum Gasteiger partial charge on any atom is -0.314 e. The molecule has 2 heteroatoms. The van der Waals surface area contributed by atoms with E-state index in [2.05, 4.69) is 83.6 Å². The molecule has 0 aliphatic carbocycles. The maximum absolute atomic E-state index is 3.61. The van der Waals surface area contributed by atoms with Crippen LogP contribution in [0.3, 0.4) is 0 Å². The van der Waals surface area contributed by atoms with Gasteiger partial charge >= 0.3 is 0 Å². The Morgan fingerprint density at radius 2 is 1.29 bits per heavy atom. The summed E-state index contributed by atoms with van der Waals surface area (Å²) < 4.78 is 1.14. The standard InChI is InChI=1S/C19H24BrN/c1-3-15-5-7-16(8-6-15)13-19(21-4-2)14-17-9-11-18(20)12-10-17/h5-12,19,21H,3-4,13-14H2,1-2H3. The van der Waals surface area contributed by atoms with Gasteiger partial charge in [-0.1, -0.05) is 66.2 Å². The number of likely N-dealkylation sites (N-methyl/N-ethyl adjacent to an activating group) is 1. The minimum absolute atomic E-state index is 0.489. The van der Waals surface area contributed by atoms with Gasteiger partial charge in [0.1, 0.15) is 0 Å². The van der Waals surface area contributed by atoms with Crippen molar-refractivity contribution in [2.75, 3.05) is 6.54 Å². The highest BCUT2D eigenvalue weighted by atomic mass is 79.9. The Bertz CT molecular complexity index is 530. The monoisotopic (exact) mass is 345 g/mol. The second kappa shape index (κ2) is 8.35. The molecule has 0 aliphatic rings. The molecule has 0 spiro atoms. The summed E-state index contributed by atoms with van der Waals surface area (Å²) in [6.07, 6.45) is 3.25. The van der Waals surface area contributed by atoms with E-state index in [1.54, 1.807) is 0 Å². The van der Waals surface area contributed by atoms with Crippen LogP contribution < -0.4 is 5.32 Å². The predicted molar refractivity (Wildman–Crippen MR) is 94.8 cm³/mol. The lowest BCUT2D eigenvalue weighted by Crippen LogP contribution is -2.33. The van der Waals surface area contributed by atoms with Crippen LogP contribution in [0.15, 0.2) is 53.0 Å². The van der Waals surface area contributed by atoms with E-state index in [4.69, 9.17) is 0 Å². The largest absolute Gasteiger partial charge is 0.314 e. The van der Waals surface area contributed by atoms with Crippen molar-refractivity contribution in [3.05, 3.63) is 69.7 Å². The SMILES string of the molecule is CCNC(Cc1ccc(Br)cc1)Cc1ccc(CC)cc1. The molecule has 21 heavy (non-hydrogen) atoms. The Morgan fingerprint density at radius 1 is 0.810 bits per heavy atom. The van der Waals surface area contributed by atoms with Crippen molar-refractivity contribution in [3.8, 4) is 0 Å². The fourth-order valence-electron chi connectivity index (χ4n) is 2.61. The fraction of sp³-hybridized carbons (Fsp3) is 0.368. The Hall–Kier alpha value is -1.12. The average Bonchev–Trinajstić information content (AvgIpc) is 2.50. The van der Waals surface area contributed by atoms with Crippen molar-refractivity contribution in [1.29, 1.82) is 0 Å². The van der Waals surface area contributed by atoms with Gasteiger partial charge in [0.2, 0.25) is 0 Å². The van der Waals surface area contributed by atoms with Crippen LogP contribution in [0.1, 0.15) is 30.5 Å². The number of aryl methyl sites for hydroxylation is 1. The number of rotatable bonds is 7. The lowest BCUT2D eigenvalue weighted by Gasteiger charge is -2.18. The van der Waals surface area contributed by atoms with Crippen LogP contribution in [0.4, 0.5) is 0 Å². The molecule has 1 unspecified atom stereocenters. The summed E-state index contributed by atoms with van der Waals surface area (Å²) >= 11 is 3.49. The zero-order chi connectivity index (χ0) is 15.1. The molecule has 0 bridgehead atoms. The fourth-order valence-corrected chi connectivity index (χ4v) is 2.87. The summed E-state index contributed by atoms with van der Waals surface area (Å²) in [4.78, 5) is 0. The topological polar surface area (TPSA) is 12.0 Å². The molecule has 0 aliphatic heterocycles. The van der Waals surface area contributed by atoms with Crippen LogP contribution in [0.25, 0.3) is 0 Å². The molecule has 1 atom stereocenters. The quantitative estimate of drug-likeness (QED) is 0.761. The minimum atomic E-state index is 0.489. The third-order valence-electron chi connectivity index (χ3n) is 3.80. The molecule has 2 rings (SSSR count). The van der Waals surface area contributed by atoms with Gasteiger partial charge in [0.25, 0.3) is 0 Å². The maximum atomic E-state index is 3.61. The van der Waals surface area contributed by atoms with Gasteiger partial charge in [0, 0.05) is 10.5 Å². The molecular formula is C19H24BrN. The van der Waals surface area contributed by atoms with E-state index in [9.17, 15) is 0 Å². The molecule has 0 aromatic heterocycles. The van der Waals surface area contributed by atoms with Gasteiger partial charge in [-0.3, -0.25) is 0 Å². The first-order valence-corrected chi connectivity index (χ1v) is 8.56. The first-order valence-electron chi connectivity index (χ1n) is 7.77. The van der Waals surface area contributed by atoms with Gasteiger partial charge in [-0.25, -0.2) is 0 Å². The van der Waals surface area contributed by atoms with Crippen LogP contribution in [0.2, 0.25) is 0 Å². The Balaban J connectivity index is 2.02. The Kier molecular flexibility index (Phi) is 6.47. The summed E-state index contributed by atoms with van der Waals surface area (Å²) in [5, 5.41) is 3.61. The molecule has 2 aromatic rings. The van der Waals surface area contributed by atoms with E-state index in [0.29, 0.717) is 6.04 Å². The summed E-state index contributed by atoms with van der Waals surface area (Å²) in [6.45, 7) is 5.38. The van der Waals surface area contributed by atoms with Gasteiger partial charge in [-0.15, -0.1) is 0 Å². The number of halogens is 1. The highest BCUT2D eigenvalue weighted by Crippen LogP contribution is 2.14. The van der Waals surface area contributed by atoms with Crippen LogP contribution in [0, 0.1) is 0 Å². The average molecular weight is 346 g/mol. The molecule has 1 N–H and O–H groups in total. The zero-order valence-electron chi connectivity index (χ0n) is 12.9. The normalized spacial score (nSPS) is 12.3. The molecule has 1 nitrogen and oxygen atoms in total. The van der Waals surface area contributed by atoms with Crippen molar-refractivity contribution >= 4 is 15.9 Å². The van der Waals surface area contributed by atoms with E-state index in [0.717, 1.165) is 30.3 Å². The molecule has 0 saturated heterocycles. The van der Waals surface area contributed by atoms with E-state index < -0.39 is 0 Å². The van der Waals surface area contributed by atoms with Crippen LogP contribution in [-0.2, 0) is 19.3 Å². The third-order valence-corrected chi connectivity index (χ3v) is 4.33. The first-order chi connectivity index (χ1) is 10.2. The predicted octanol–water partition coefficient (Wildman–Crippen LogP) is 4.77. The number of hydrogen-bond acceptors (Lipinski definition) is 1. The lowest BCUT2D eigenvalue weighted by atomic mass is 9.98. The van der Waals surface area contributed by atoms with Crippen LogP contribution in [0.5, 0.6) is 0 Å². The summed E-state index contributed by atoms with van der Waals surface area (Å²) in [5.41, 5.74) is 4.20. The number of hydrogen-bond donors (Lipinski definition) is 1. The Labute approximate surface area is 136 Å². The molecule has 0 radical (unpaired) electrons. The van der Waals surface area contributed by atoms with Crippen molar-refractivity contribution in [1.82, 2.24) is 5.32 Å². The highest BCUT2D eigenvalue weighted by molar-refractivity contribution is 9.10. The smallest absolute Gasteiger partial charge is 0.0175 e. The van der Waals surface area contributed by atoms with E-state index in [-0.39, 0.29) is 0 Å². The molecule has 2 aromatic carbocycles. The molecule has 112 valence electrons. The highest BCUT2D eigenvalue weighted by Gasteiger charge is 2.09. The van der Waals surface area contributed by atoms with Crippen LogP contribution >= 0.6 is 15.9 Å². The van der Waals surface area contributed by atoms with Crippen molar-refractivity contribution in [2.45, 2.75) is 39.2 Å². The van der Waals surface area contributed by atoms with E-state index in [1.165, 1.54) is 16.7 Å². The number of nitrogens with one attached hydrogen (secondary N) is 1. The van der Waals surface area contributed by atoms with Gasteiger partial charge in [-0.2, -0.15) is 0 Å². The zero-order valence-corrected chi connectivity index (χ0v) is 14.5. The second-order valence-corrected chi connectivity index (χ2v) is 6.38.